The van der Waals surface area contributed by atoms with E-state index < -0.39 is 30.3 Å². The minimum absolute atomic E-state index is 0.0780. The van der Waals surface area contributed by atoms with Crippen molar-refractivity contribution in [3.05, 3.63) is 53.8 Å². The number of para-hydroxylation sites is 1. The van der Waals surface area contributed by atoms with Crippen molar-refractivity contribution in [1.82, 2.24) is 5.32 Å². The van der Waals surface area contributed by atoms with Crippen molar-refractivity contribution in [3.8, 4) is 11.5 Å². The van der Waals surface area contributed by atoms with Gasteiger partial charge in [0, 0.05) is 0 Å². The van der Waals surface area contributed by atoms with Gasteiger partial charge in [-0.05, 0) is 29.8 Å². The third kappa shape index (κ3) is 5.19. The molecule has 2 aromatic carbocycles. The van der Waals surface area contributed by atoms with Gasteiger partial charge >= 0.3 is 12.0 Å². The molecule has 28 heavy (non-hydrogen) atoms. The quantitative estimate of drug-likeness (QED) is 0.760. The molecule has 0 saturated carbocycles. The van der Waals surface area contributed by atoms with Crippen molar-refractivity contribution in [2.45, 2.75) is 6.42 Å². The van der Waals surface area contributed by atoms with E-state index in [1.807, 2.05) is 5.32 Å². The number of rotatable bonds is 5. The molecule has 1 aliphatic heterocycles. The van der Waals surface area contributed by atoms with Crippen LogP contribution in [0, 0.1) is 5.82 Å². The van der Waals surface area contributed by atoms with Crippen LogP contribution in [0.15, 0.2) is 42.5 Å². The van der Waals surface area contributed by atoms with Crippen LogP contribution < -0.4 is 20.1 Å². The van der Waals surface area contributed by atoms with Gasteiger partial charge in [0.25, 0.3) is 5.91 Å². The number of hydrogen-bond acceptors (Lipinski definition) is 6. The highest BCUT2D eigenvalue weighted by molar-refractivity contribution is 6.01. The van der Waals surface area contributed by atoms with Crippen molar-refractivity contribution < 1.29 is 33.0 Å². The lowest BCUT2D eigenvalue weighted by Crippen LogP contribution is -2.37. The minimum atomic E-state index is -0.932. The molecular formula is C19H17FN2O6. The highest BCUT2D eigenvalue weighted by Crippen LogP contribution is 2.30. The molecule has 9 heteroatoms. The fourth-order valence-electron chi connectivity index (χ4n) is 2.44. The number of esters is 1. The number of ether oxygens (including phenoxy) is 3. The van der Waals surface area contributed by atoms with E-state index in [0.717, 1.165) is 6.07 Å². The van der Waals surface area contributed by atoms with E-state index in [9.17, 15) is 18.8 Å². The lowest BCUT2D eigenvalue weighted by atomic mass is 10.1. The Labute approximate surface area is 159 Å². The van der Waals surface area contributed by atoms with Crippen molar-refractivity contribution >= 4 is 23.6 Å². The summed E-state index contributed by atoms with van der Waals surface area (Å²) < 4.78 is 29.1. The molecule has 8 nitrogen and oxygen atoms in total. The summed E-state index contributed by atoms with van der Waals surface area (Å²) in [7, 11) is 0. The van der Waals surface area contributed by atoms with Crippen LogP contribution in [0.4, 0.5) is 14.9 Å². The van der Waals surface area contributed by atoms with Crippen LogP contribution in [0.3, 0.4) is 0 Å². The molecule has 2 aromatic rings. The first-order valence-electron chi connectivity index (χ1n) is 8.41. The lowest BCUT2D eigenvalue weighted by Gasteiger charge is -2.18. The predicted octanol–water partition coefficient (Wildman–Crippen LogP) is 2.03. The maximum Gasteiger partial charge on any atom is 0.326 e. The predicted molar refractivity (Wildman–Crippen MR) is 95.7 cm³/mol. The molecule has 1 heterocycles. The Morgan fingerprint density at radius 2 is 1.79 bits per heavy atom. The second-order valence-corrected chi connectivity index (χ2v) is 5.80. The van der Waals surface area contributed by atoms with Gasteiger partial charge in [0.2, 0.25) is 0 Å². The molecule has 1 aliphatic rings. The highest BCUT2D eigenvalue weighted by atomic mass is 19.1. The molecule has 0 fully saturated rings. The number of amides is 3. The molecule has 0 aliphatic carbocycles. The molecular weight excluding hydrogens is 371 g/mol. The van der Waals surface area contributed by atoms with Gasteiger partial charge in [-0.25, -0.2) is 9.18 Å². The molecule has 0 bridgehead atoms. The summed E-state index contributed by atoms with van der Waals surface area (Å²) in [5, 5.41) is 4.13. The van der Waals surface area contributed by atoms with Crippen molar-refractivity contribution in [3.63, 3.8) is 0 Å². The number of carbonyl (C=O) groups is 3. The maximum absolute atomic E-state index is 13.4. The average molecular weight is 388 g/mol. The zero-order valence-corrected chi connectivity index (χ0v) is 14.7. The van der Waals surface area contributed by atoms with Crippen LogP contribution in [-0.2, 0) is 20.7 Å². The number of benzene rings is 2. The zero-order chi connectivity index (χ0) is 19.9. The summed E-state index contributed by atoms with van der Waals surface area (Å²) in [5.74, 6) is -0.996. The first-order valence-corrected chi connectivity index (χ1v) is 8.41. The van der Waals surface area contributed by atoms with E-state index >= 15 is 0 Å². The number of anilines is 1. The van der Waals surface area contributed by atoms with E-state index in [-0.39, 0.29) is 12.1 Å². The number of hydrogen-bond donors (Lipinski definition) is 2. The molecule has 0 atom stereocenters. The van der Waals surface area contributed by atoms with Gasteiger partial charge in [0.05, 0.1) is 12.1 Å². The van der Waals surface area contributed by atoms with Gasteiger partial charge in [-0.3, -0.25) is 14.9 Å². The number of carbonyl (C=O) groups excluding carboxylic acids is 3. The Hall–Kier alpha value is -3.62. The summed E-state index contributed by atoms with van der Waals surface area (Å²) in [6, 6.07) is 9.61. The molecule has 0 spiro atoms. The number of fused-ring (bicyclic) bond motifs is 1. The highest BCUT2D eigenvalue weighted by Gasteiger charge is 2.15. The molecule has 3 amide bonds. The summed E-state index contributed by atoms with van der Waals surface area (Å²) in [6.07, 6.45) is -0.0780. The van der Waals surface area contributed by atoms with Crippen LogP contribution in [0.5, 0.6) is 11.5 Å². The molecule has 0 aromatic heterocycles. The number of halogens is 1. The van der Waals surface area contributed by atoms with Gasteiger partial charge < -0.3 is 19.5 Å². The first-order chi connectivity index (χ1) is 13.5. The van der Waals surface area contributed by atoms with Crippen LogP contribution in [-0.4, -0.2) is 37.7 Å². The topological polar surface area (TPSA) is 103 Å². The maximum atomic E-state index is 13.4. The number of urea groups is 1. The van der Waals surface area contributed by atoms with Crippen molar-refractivity contribution in [1.29, 1.82) is 0 Å². The molecule has 146 valence electrons. The molecule has 0 unspecified atom stereocenters. The van der Waals surface area contributed by atoms with Crippen LogP contribution >= 0.6 is 0 Å². The van der Waals surface area contributed by atoms with Crippen LogP contribution in [0.2, 0.25) is 0 Å². The SMILES string of the molecule is O=C(COC(=O)Cc1ccc2c(c1)OCCO2)NC(=O)Nc1ccccc1F. The monoisotopic (exact) mass is 388 g/mol. The van der Waals surface area contributed by atoms with Crippen LogP contribution in [0.1, 0.15) is 5.56 Å². The van der Waals surface area contributed by atoms with Gasteiger partial charge in [0.15, 0.2) is 18.1 Å². The van der Waals surface area contributed by atoms with E-state index in [1.165, 1.54) is 18.2 Å². The summed E-state index contributed by atoms with van der Waals surface area (Å²) in [4.78, 5) is 35.3. The van der Waals surface area contributed by atoms with E-state index in [4.69, 9.17) is 14.2 Å². The second kappa shape index (κ2) is 8.85. The second-order valence-electron chi connectivity index (χ2n) is 5.80. The number of nitrogens with one attached hydrogen (secondary N) is 2. The van der Waals surface area contributed by atoms with E-state index in [2.05, 4.69) is 5.32 Å². The molecule has 0 saturated heterocycles. The Balaban J connectivity index is 1.43. The first kappa shape index (κ1) is 19.2. The number of imide groups is 1. The Kier molecular flexibility index (Phi) is 6.05. The van der Waals surface area contributed by atoms with E-state index in [1.54, 1.807) is 18.2 Å². The fraction of sp³-hybridized carbons (Fsp3) is 0.211. The normalized spacial score (nSPS) is 12.0. The summed E-state index contributed by atoms with van der Waals surface area (Å²) in [5.41, 5.74) is 0.551. The molecule has 0 radical (unpaired) electrons. The third-order valence-corrected chi connectivity index (χ3v) is 3.69. The third-order valence-electron chi connectivity index (χ3n) is 3.69. The summed E-state index contributed by atoms with van der Waals surface area (Å²) in [6.45, 7) is 0.248. The van der Waals surface area contributed by atoms with Gasteiger partial charge in [0.1, 0.15) is 19.0 Å². The smallest absolute Gasteiger partial charge is 0.326 e. The molecule has 2 N–H and O–H groups in total. The standard InChI is InChI=1S/C19H17FN2O6/c20-13-3-1-2-4-14(13)21-19(25)22-17(23)11-28-18(24)10-12-5-6-15-16(9-12)27-8-7-26-15/h1-6,9H,7-8,10-11H2,(H2,21,22,23,25). The van der Waals surface area contributed by atoms with Gasteiger partial charge in [-0.15, -0.1) is 0 Å². The Morgan fingerprint density at radius 1 is 1.04 bits per heavy atom. The van der Waals surface area contributed by atoms with Crippen LogP contribution in [0.25, 0.3) is 0 Å². The van der Waals surface area contributed by atoms with Gasteiger partial charge in [-0.1, -0.05) is 18.2 Å². The lowest BCUT2D eigenvalue weighted by molar-refractivity contribution is -0.147. The van der Waals surface area contributed by atoms with Crippen molar-refractivity contribution in [2.24, 2.45) is 0 Å². The van der Waals surface area contributed by atoms with Gasteiger partial charge in [-0.2, -0.15) is 0 Å². The largest absolute Gasteiger partial charge is 0.486 e. The summed E-state index contributed by atoms with van der Waals surface area (Å²) >= 11 is 0. The average Bonchev–Trinajstić information content (AvgIpc) is 2.68. The minimum Gasteiger partial charge on any atom is -0.486 e. The van der Waals surface area contributed by atoms with Crippen molar-refractivity contribution in [2.75, 3.05) is 25.1 Å². The Morgan fingerprint density at radius 3 is 2.57 bits per heavy atom. The van der Waals surface area contributed by atoms with E-state index in [0.29, 0.717) is 30.3 Å². The fourth-order valence-corrected chi connectivity index (χ4v) is 2.44. The zero-order valence-electron chi connectivity index (χ0n) is 14.7. The molecule has 3 rings (SSSR count). The Bertz CT molecular complexity index is 902.